The van der Waals surface area contributed by atoms with E-state index in [0.717, 1.165) is 28.4 Å². The van der Waals surface area contributed by atoms with Crippen LogP contribution in [0.25, 0.3) is 5.69 Å². The smallest absolute Gasteiger partial charge is 0.0994 e. The lowest BCUT2D eigenvalue weighted by Gasteiger charge is -2.20. The van der Waals surface area contributed by atoms with Crippen LogP contribution >= 0.6 is 11.6 Å². The van der Waals surface area contributed by atoms with E-state index >= 15 is 0 Å². The molecule has 4 heteroatoms. The minimum atomic E-state index is -0.252. The Morgan fingerprint density at radius 3 is 2.72 bits per heavy atom. The molecule has 3 nitrogen and oxygen atoms in total. The van der Waals surface area contributed by atoms with Crippen LogP contribution in [-0.2, 0) is 6.42 Å². The van der Waals surface area contributed by atoms with E-state index in [2.05, 4.69) is 9.55 Å². The summed E-state index contributed by atoms with van der Waals surface area (Å²) >= 11 is 5.98. The van der Waals surface area contributed by atoms with Crippen molar-refractivity contribution in [2.24, 2.45) is 5.73 Å². The fourth-order valence-electron chi connectivity index (χ4n) is 2.03. The maximum Gasteiger partial charge on any atom is 0.0994 e. The third-order valence-electron chi connectivity index (χ3n) is 2.77. The second kappa shape index (κ2) is 4.75. The molecule has 96 valence electrons. The minimum absolute atomic E-state index is 0.252. The van der Waals surface area contributed by atoms with E-state index in [4.69, 9.17) is 17.3 Å². The molecule has 0 atom stereocenters. The van der Waals surface area contributed by atoms with Crippen LogP contribution in [0.5, 0.6) is 0 Å². The van der Waals surface area contributed by atoms with Crippen LogP contribution in [0.3, 0.4) is 0 Å². The van der Waals surface area contributed by atoms with Gasteiger partial charge < -0.3 is 10.3 Å². The normalized spacial score (nSPS) is 11.8. The summed E-state index contributed by atoms with van der Waals surface area (Å²) < 4.78 is 2.07. The highest BCUT2D eigenvalue weighted by Gasteiger charge is 2.16. The molecule has 1 aromatic carbocycles. The molecule has 0 spiro atoms. The molecule has 0 aliphatic carbocycles. The van der Waals surface area contributed by atoms with E-state index in [1.165, 1.54) is 0 Å². The van der Waals surface area contributed by atoms with Gasteiger partial charge in [0.25, 0.3) is 0 Å². The van der Waals surface area contributed by atoms with Gasteiger partial charge in [-0.2, -0.15) is 0 Å². The number of benzene rings is 1. The number of halogens is 1. The first kappa shape index (κ1) is 13.1. The molecule has 2 N–H and O–H groups in total. The summed E-state index contributed by atoms with van der Waals surface area (Å²) in [6.45, 7) is 6.07. The standard InChI is InChI=1S/C14H18ClN3/c1-10-6-11(15)4-5-13(10)18-9-17-8-12(18)7-14(2,3)16/h4-6,8-9H,7,16H2,1-3H3. The molecule has 0 saturated carbocycles. The quantitative estimate of drug-likeness (QED) is 0.925. The first-order valence-corrected chi connectivity index (χ1v) is 6.31. The summed E-state index contributed by atoms with van der Waals surface area (Å²) in [6, 6.07) is 5.85. The molecule has 0 aliphatic heterocycles. The molecular formula is C14H18ClN3. The van der Waals surface area contributed by atoms with E-state index in [-0.39, 0.29) is 5.54 Å². The topological polar surface area (TPSA) is 43.8 Å². The number of hydrogen-bond donors (Lipinski definition) is 1. The third-order valence-corrected chi connectivity index (χ3v) is 3.01. The first-order valence-electron chi connectivity index (χ1n) is 5.93. The Kier molecular flexibility index (Phi) is 3.46. The lowest BCUT2D eigenvalue weighted by atomic mass is 10.0. The van der Waals surface area contributed by atoms with Crippen molar-refractivity contribution in [3.05, 3.63) is 47.0 Å². The van der Waals surface area contributed by atoms with Crippen molar-refractivity contribution in [2.75, 3.05) is 0 Å². The highest BCUT2D eigenvalue weighted by molar-refractivity contribution is 6.30. The Labute approximate surface area is 113 Å². The second-order valence-electron chi connectivity index (χ2n) is 5.35. The van der Waals surface area contributed by atoms with Gasteiger partial charge in [-0.15, -0.1) is 0 Å². The van der Waals surface area contributed by atoms with Gasteiger partial charge >= 0.3 is 0 Å². The average Bonchev–Trinajstić information content (AvgIpc) is 2.63. The van der Waals surface area contributed by atoms with Crippen LogP contribution in [-0.4, -0.2) is 15.1 Å². The van der Waals surface area contributed by atoms with Crippen molar-refractivity contribution >= 4 is 11.6 Å². The maximum absolute atomic E-state index is 6.07. The maximum atomic E-state index is 6.07. The summed E-state index contributed by atoms with van der Waals surface area (Å²) in [6.07, 6.45) is 4.45. The monoisotopic (exact) mass is 263 g/mol. The largest absolute Gasteiger partial charge is 0.325 e. The van der Waals surface area contributed by atoms with Crippen molar-refractivity contribution in [1.29, 1.82) is 0 Å². The molecule has 2 rings (SSSR count). The number of hydrogen-bond acceptors (Lipinski definition) is 2. The SMILES string of the molecule is Cc1cc(Cl)ccc1-n1cncc1CC(C)(C)N. The minimum Gasteiger partial charge on any atom is -0.325 e. The van der Waals surface area contributed by atoms with Crippen LogP contribution in [0, 0.1) is 6.92 Å². The summed E-state index contributed by atoms with van der Waals surface area (Å²) in [5.74, 6) is 0. The number of nitrogens with zero attached hydrogens (tertiary/aromatic N) is 2. The van der Waals surface area contributed by atoms with Crippen LogP contribution in [0.4, 0.5) is 0 Å². The van der Waals surface area contributed by atoms with Gasteiger partial charge in [-0.25, -0.2) is 4.98 Å². The van der Waals surface area contributed by atoms with E-state index in [1.54, 1.807) is 0 Å². The zero-order valence-electron chi connectivity index (χ0n) is 10.9. The van der Waals surface area contributed by atoms with Crippen molar-refractivity contribution in [2.45, 2.75) is 32.7 Å². The summed E-state index contributed by atoms with van der Waals surface area (Å²) in [5.41, 5.74) is 9.14. The van der Waals surface area contributed by atoms with Gasteiger partial charge in [0, 0.05) is 34.6 Å². The van der Waals surface area contributed by atoms with Gasteiger partial charge in [0.15, 0.2) is 0 Å². The molecular weight excluding hydrogens is 246 g/mol. The van der Waals surface area contributed by atoms with Gasteiger partial charge in [0.05, 0.1) is 6.33 Å². The molecule has 0 bridgehead atoms. The number of aryl methyl sites for hydroxylation is 1. The Hall–Kier alpha value is -1.32. The van der Waals surface area contributed by atoms with E-state index in [0.29, 0.717) is 0 Å². The average molecular weight is 264 g/mol. The number of imidazole rings is 1. The van der Waals surface area contributed by atoms with Crippen molar-refractivity contribution < 1.29 is 0 Å². The Morgan fingerprint density at radius 2 is 2.11 bits per heavy atom. The molecule has 0 aliphatic rings. The summed E-state index contributed by atoms with van der Waals surface area (Å²) in [7, 11) is 0. The Bertz CT molecular complexity index is 552. The zero-order valence-corrected chi connectivity index (χ0v) is 11.7. The highest BCUT2D eigenvalue weighted by Crippen LogP contribution is 2.21. The van der Waals surface area contributed by atoms with Crippen molar-refractivity contribution in [3.63, 3.8) is 0 Å². The highest BCUT2D eigenvalue weighted by atomic mass is 35.5. The molecule has 1 aromatic heterocycles. The van der Waals surface area contributed by atoms with Crippen molar-refractivity contribution in [3.8, 4) is 5.69 Å². The summed E-state index contributed by atoms with van der Waals surface area (Å²) in [4.78, 5) is 4.22. The van der Waals surface area contributed by atoms with Crippen LogP contribution in [0.2, 0.25) is 5.02 Å². The van der Waals surface area contributed by atoms with E-state index < -0.39 is 0 Å². The van der Waals surface area contributed by atoms with Crippen LogP contribution in [0.1, 0.15) is 25.1 Å². The predicted octanol–water partition coefficient (Wildman–Crippen LogP) is 3.11. The molecule has 1 heterocycles. The molecule has 18 heavy (non-hydrogen) atoms. The van der Waals surface area contributed by atoms with Gasteiger partial charge in [-0.05, 0) is 44.5 Å². The molecule has 0 radical (unpaired) electrons. The van der Waals surface area contributed by atoms with Crippen LogP contribution in [0.15, 0.2) is 30.7 Å². The number of nitrogens with two attached hydrogens (primary N) is 1. The fourth-order valence-corrected chi connectivity index (χ4v) is 2.25. The molecule has 2 aromatic rings. The predicted molar refractivity (Wildman–Crippen MR) is 75.3 cm³/mol. The molecule has 0 saturated heterocycles. The van der Waals surface area contributed by atoms with Gasteiger partial charge in [-0.1, -0.05) is 11.6 Å². The van der Waals surface area contributed by atoms with Gasteiger partial charge in [-0.3, -0.25) is 0 Å². The first-order chi connectivity index (χ1) is 8.37. The second-order valence-corrected chi connectivity index (χ2v) is 5.79. The zero-order chi connectivity index (χ0) is 13.3. The molecule has 0 fully saturated rings. The fraction of sp³-hybridized carbons (Fsp3) is 0.357. The van der Waals surface area contributed by atoms with Gasteiger partial charge in [0.2, 0.25) is 0 Å². The Balaban J connectivity index is 2.42. The summed E-state index contributed by atoms with van der Waals surface area (Å²) in [5, 5.41) is 0.747. The molecule has 0 amide bonds. The van der Waals surface area contributed by atoms with E-state index in [9.17, 15) is 0 Å². The van der Waals surface area contributed by atoms with Crippen LogP contribution < -0.4 is 5.73 Å². The van der Waals surface area contributed by atoms with E-state index in [1.807, 2.05) is 51.5 Å². The number of aromatic nitrogens is 2. The van der Waals surface area contributed by atoms with Crippen molar-refractivity contribution in [1.82, 2.24) is 9.55 Å². The Morgan fingerprint density at radius 1 is 1.39 bits per heavy atom. The lowest BCUT2D eigenvalue weighted by Crippen LogP contribution is -2.35. The van der Waals surface area contributed by atoms with Gasteiger partial charge in [0.1, 0.15) is 0 Å². The number of rotatable bonds is 3. The third kappa shape index (κ3) is 2.92. The molecule has 0 unspecified atom stereocenters. The lowest BCUT2D eigenvalue weighted by molar-refractivity contribution is 0.506.